The summed E-state index contributed by atoms with van der Waals surface area (Å²) in [5, 5.41) is 9.57. The Morgan fingerprint density at radius 3 is 2.31 bits per heavy atom. The molecule has 1 aliphatic carbocycles. The molecule has 0 spiro atoms. The third-order valence-electron chi connectivity index (χ3n) is 5.60. The Labute approximate surface area is 205 Å². The van der Waals surface area contributed by atoms with E-state index in [2.05, 4.69) is 4.98 Å². The number of benzene rings is 2. The second kappa shape index (κ2) is 9.85. The lowest BCUT2D eigenvalue weighted by Gasteiger charge is -2.16. The standard InChI is InChI=1S/C25H16ClF6NO3/c26-14-4-5-22(36-11-12-6-18(27)23(29)19(28)7-12)17(10-14)15-2-1-3-16(15)20-8-13(25(30,31)32)9-21(33-20)24(34)35/h4-10H,1-3,11H2,(H,34,35). The third-order valence-corrected chi connectivity index (χ3v) is 5.84. The van der Waals surface area contributed by atoms with Crippen LogP contribution in [0.2, 0.25) is 5.02 Å². The maximum absolute atomic E-state index is 13.6. The van der Waals surface area contributed by atoms with E-state index in [1.54, 1.807) is 0 Å². The second-order valence-corrected chi connectivity index (χ2v) is 8.48. The van der Waals surface area contributed by atoms with E-state index in [1.165, 1.54) is 18.2 Å². The van der Waals surface area contributed by atoms with Crippen LogP contribution in [0.3, 0.4) is 0 Å². The van der Waals surface area contributed by atoms with Gasteiger partial charge in [-0.3, -0.25) is 0 Å². The molecule has 0 radical (unpaired) electrons. The number of hydrogen-bond donors (Lipinski definition) is 1. The SMILES string of the molecule is O=C(O)c1cc(C(F)(F)F)cc(C2=C(c3cc(Cl)ccc3OCc3cc(F)c(F)c(F)c3)CCC2)n1. The average Bonchev–Trinajstić information content (AvgIpc) is 3.30. The molecule has 0 unspecified atom stereocenters. The molecular weight excluding hydrogens is 512 g/mol. The van der Waals surface area contributed by atoms with Gasteiger partial charge in [0.15, 0.2) is 17.5 Å². The van der Waals surface area contributed by atoms with Gasteiger partial charge in [0, 0.05) is 10.6 Å². The van der Waals surface area contributed by atoms with Crippen molar-refractivity contribution in [1.82, 2.24) is 4.98 Å². The predicted molar refractivity (Wildman–Crippen MR) is 119 cm³/mol. The lowest BCUT2D eigenvalue weighted by molar-refractivity contribution is -0.137. The van der Waals surface area contributed by atoms with Gasteiger partial charge in [-0.15, -0.1) is 0 Å². The minimum atomic E-state index is -4.79. The summed E-state index contributed by atoms with van der Waals surface area (Å²) in [7, 11) is 0. The van der Waals surface area contributed by atoms with Crippen LogP contribution in [0.5, 0.6) is 5.75 Å². The molecule has 3 aromatic rings. The van der Waals surface area contributed by atoms with Gasteiger partial charge in [0.1, 0.15) is 18.1 Å². The lowest BCUT2D eigenvalue weighted by atomic mass is 9.98. The number of carboxylic acid groups (broad SMARTS) is 1. The Balaban J connectivity index is 1.77. The number of pyridine rings is 1. The van der Waals surface area contributed by atoms with Gasteiger partial charge in [-0.2, -0.15) is 13.2 Å². The number of aromatic carboxylic acids is 1. The monoisotopic (exact) mass is 527 g/mol. The minimum absolute atomic E-state index is 0.0126. The van der Waals surface area contributed by atoms with Crippen LogP contribution in [0, 0.1) is 17.5 Å². The molecule has 0 saturated carbocycles. The van der Waals surface area contributed by atoms with Crippen LogP contribution in [-0.4, -0.2) is 16.1 Å². The molecule has 1 aliphatic rings. The summed E-state index contributed by atoms with van der Waals surface area (Å²) in [6.07, 6.45) is -3.51. The molecule has 11 heteroatoms. The number of halogens is 7. The van der Waals surface area contributed by atoms with Gasteiger partial charge in [0.2, 0.25) is 0 Å². The van der Waals surface area contributed by atoms with Crippen molar-refractivity contribution in [3.8, 4) is 5.75 Å². The maximum atomic E-state index is 13.6. The zero-order valence-electron chi connectivity index (χ0n) is 18.2. The molecule has 0 atom stereocenters. The zero-order valence-corrected chi connectivity index (χ0v) is 19.0. The fourth-order valence-corrected chi connectivity index (χ4v) is 4.17. The molecule has 4 nitrogen and oxygen atoms in total. The largest absolute Gasteiger partial charge is 0.488 e. The Morgan fingerprint density at radius 1 is 1.00 bits per heavy atom. The summed E-state index contributed by atoms with van der Waals surface area (Å²) >= 11 is 6.16. The second-order valence-electron chi connectivity index (χ2n) is 8.04. The lowest BCUT2D eigenvalue weighted by Crippen LogP contribution is -2.11. The van der Waals surface area contributed by atoms with Gasteiger partial charge in [-0.1, -0.05) is 11.6 Å². The first kappa shape index (κ1) is 25.6. The molecule has 0 amide bonds. The van der Waals surface area contributed by atoms with E-state index in [9.17, 15) is 36.2 Å². The van der Waals surface area contributed by atoms with Crippen LogP contribution in [0.15, 0.2) is 42.5 Å². The van der Waals surface area contributed by atoms with Crippen molar-refractivity contribution in [2.45, 2.75) is 32.0 Å². The molecule has 4 rings (SSSR count). The van der Waals surface area contributed by atoms with Crippen molar-refractivity contribution in [2.24, 2.45) is 0 Å². The van der Waals surface area contributed by atoms with E-state index >= 15 is 0 Å². The highest BCUT2D eigenvalue weighted by molar-refractivity contribution is 6.30. The molecule has 0 aliphatic heterocycles. The van der Waals surface area contributed by atoms with Crippen LogP contribution in [-0.2, 0) is 12.8 Å². The first-order valence-corrected chi connectivity index (χ1v) is 10.9. The van der Waals surface area contributed by atoms with Crippen LogP contribution in [0.25, 0.3) is 11.1 Å². The molecule has 36 heavy (non-hydrogen) atoms. The van der Waals surface area contributed by atoms with Crippen molar-refractivity contribution in [1.29, 1.82) is 0 Å². The highest BCUT2D eigenvalue weighted by Crippen LogP contribution is 2.44. The molecular formula is C25H16ClF6NO3. The van der Waals surface area contributed by atoms with Crippen molar-refractivity contribution >= 4 is 28.7 Å². The van der Waals surface area contributed by atoms with Gasteiger partial charge >= 0.3 is 12.1 Å². The number of aromatic nitrogens is 1. The molecule has 0 bridgehead atoms. The minimum Gasteiger partial charge on any atom is -0.488 e. The predicted octanol–water partition coefficient (Wildman–Crippen LogP) is 7.54. The Kier molecular flexibility index (Phi) is 6.99. The van der Waals surface area contributed by atoms with E-state index in [1.807, 2.05) is 0 Å². The van der Waals surface area contributed by atoms with Crippen molar-refractivity contribution in [2.75, 3.05) is 0 Å². The van der Waals surface area contributed by atoms with E-state index in [-0.39, 0.29) is 28.6 Å². The van der Waals surface area contributed by atoms with Crippen LogP contribution in [0.4, 0.5) is 26.3 Å². The van der Waals surface area contributed by atoms with Crippen molar-refractivity contribution < 1.29 is 41.0 Å². The normalized spacial score (nSPS) is 13.9. The van der Waals surface area contributed by atoms with Gasteiger partial charge in [0.25, 0.3) is 0 Å². The number of rotatable bonds is 6. The van der Waals surface area contributed by atoms with E-state index in [4.69, 9.17) is 16.3 Å². The molecule has 1 heterocycles. The van der Waals surface area contributed by atoms with Gasteiger partial charge < -0.3 is 9.84 Å². The number of alkyl halides is 3. The van der Waals surface area contributed by atoms with Crippen molar-refractivity contribution in [3.63, 3.8) is 0 Å². The molecule has 2 aromatic carbocycles. The summed E-state index contributed by atoms with van der Waals surface area (Å²) in [4.78, 5) is 15.4. The van der Waals surface area contributed by atoms with E-state index < -0.39 is 40.9 Å². The summed E-state index contributed by atoms with van der Waals surface area (Å²) in [6, 6.07) is 7.33. The number of hydrogen-bond acceptors (Lipinski definition) is 3. The molecule has 1 aromatic heterocycles. The number of allylic oxidation sites excluding steroid dienone is 2. The topological polar surface area (TPSA) is 59.4 Å². The van der Waals surface area contributed by atoms with Crippen LogP contribution < -0.4 is 4.74 Å². The van der Waals surface area contributed by atoms with Gasteiger partial charge in [-0.25, -0.2) is 22.9 Å². The van der Waals surface area contributed by atoms with E-state index in [0.717, 1.165) is 18.2 Å². The highest BCUT2D eigenvalue weighted by atomic mass is 35.5. The first-order chi connectivity index (χ1) is 16.9. The molecule has 188 valence electrons. The Hall–Kier alpha value is -3.53. The van der Waals surface area contributed by atoms with E-state index in [0.29, 0.717) is 42.0 Å². The van der Waals surface area contributed by atoms with Crippen LogP contribution >= 0.6 is 11.6 Å². The van der Waals surface area contributed by atoms with Crippen molar-refractivity contribution in [3.05, 3.63) is 93.0 Å². The number of carbonyl (C=O) groups is 1. The molecule has 1 N–H and O–H groups in total. The maximum Gasteiger partial charge on any atom is 0.416 e. The highest BCUT2D eigenvalue weighted by Gasteiger charge is 2.33. The summed E-state index contributed by atoms with van der Waals surface area (Å²) < 4.78 is 86.4. The average molecular weight is 528 g/mol. The summed E-state index contributed by atoms with van der Waals surface area (Å²) in [6.45, 7) is -0.337. The Morgan fingerprint density at radius 2 is 1.67 bits per heavy atom. The Bertz CT molecular complexity index is 1360. The number of ether oxygens (including phenoxy) is 1. The van der Waals surface area contributed by atoms with Gasteiger partial charge in [0.05, 0.1) is 11.3 Å². The zero-order chi connectivity index (χ0) is 26.2. The van der Waals surface area contributed by atoms with Crippen LogP contribution in [0.1, 0.15) is 52.1 Å². The first-order valence-electron chi connectivity index (χ1n) is 10.5. The fraction of sp³-hybridized carbons (Fsp3) is 0.200. The smallest absolute Gasteiger partial charge is 0.416 e. The number of carboxylic acids is 1. The number of nitrogens with zero attached hydrogens (tertiary/aromatic N) is 1. The molecule has 0 fully saturated rings. The quantitative estimate of drug-likeness (QED) is 0.266. The fourth-order valence-electron chi connectivity index (χ4n) is 4.00. The summed E-state index contributed by atoms with van der Waals surface area (Å²) in [5.74, 6) is -5.76. The molecule has 0 saturated heterocycles. The summed E-state index contributed by atoms with van der Waals surface area (Å²) in [5.41, 5.74) is -0.661. The van der Waals surface area contributed by atoms with Gasteiger partial charge in [-0.05, 0) is 78.4 Å². The third kappa shape index (κ3) is 5.33.